The number of rotatable bonds is 6. The van der Waals surface area contributed by atoms with Crippen LogP contribution < -0.4 is 9.80 Å². The van der Waals surface area contributed by atoms with Crippen LogP contribution in [0.1, 0.15) is 28.7 Å². The molecule has 0 bridgehead atoms. The van der Waals surface area contributed by atoms with Gasteiger partial charge < -0.3 is 20.0 Å². The summed E-state index contributed by atoms with van der Waals surface area (Å²) < 4.78 is 67.6. The van der Waals surface area contributed by atoms with E-state index in [9.17, 15) is 33.0 Å². The molecule has 2 fully saturated rings. The van der Waals surface area contributed by atoms with Crippen LogP contribution in [0.25, 0.3) is 22.2 Å². The van der Waals surface area contributed by atoms with Crippen LogP contribution in [0.2, 0.25) is 0 Å². The molecule has 0 unspecified atom stereocenters. The summed E-state index contributed by atoms with van der Waals surface area (Å²) in [6.45, 7) is 1.40. The van der Waals surface area contributed by atoms with E-state index in [1.165, 1.54) is 18.2 Å². The third kappa shape index (κ3) is 5.07. The first-order valence-corrected chi connectivity index (χ1v) is 15.1. The highest BCUT2D eigenvalue weighted by Crippen LogP contribution is 2.47. The fraction of sp³-hybridized carbons (Fsp3) is 0.387. The molecule has 2 aromatic heterocycles. The van der Waals surface area contributed by atoms with Gasteiger partial charge in [0.15, 0.2) is 17.1 Å². The first-order chi connectivity index (χ1) is 21.4. The van der Waals surface area contributed by atoms with Gasteiger partial charge in [-0.1, -0.05) is 11.3 Å². The largest absolute Gasteiger partial charge is 0.415 e. The maximum absolute atomic E-state index is 15.8. The fourth-order valence-electron chi connectivity index (χ4n) is 6.81. The van der Waals surface area contributed by atoms with Crippen molar-refractivity contribution in [2.24, 2.45) is 5.41 Å². The van der Waals surface area contributed by atoms with Crippen molar-refractivity contribution in [2.45, 2.75) is 31.2 Å². The maximum Gasteiger partial charge on any atom is 0.415 e. The van der Waals surface area contributed by atoms with Gasteiger partial charge in [-0.25, -0.2) is 18.7 Å². The highest BCUT2D eigenvalue weighted by Gasteiger charge is 2.53. The Balaban J connectivity index is 1.22. The van der Waals surface area contributed by atoms with Crippen molar-refractivity contribution in [3.63, 3.8) is 0 Å². The second kappa shape index (κ2) is 10.6. The lowest BCUT2D eigenvalue weighted by atomic mass is 9.72. The minimum atomic E-state index is -4.66. The number of anilines is 3. The number of nitrogens with zero attached hydrogens (tertiary/aromatic N) is 6. The van der Waals surface area contributed by atoms with Gasteiger partial charge in [0, 0.05) is 67.4 Å². The van der Waals surface area contributed by atoms with Crippen molar-refractivity contribution in [3.8, 4) is 17.3 Å². The Bertz CT molecular complexity index is 1840. The van der Waals surface area contributed by atoms with E-state index in [1.54, 1.807) is 29.0 Å². The van der Waals surface area contributed by atoms with Gasteiger partial charge in [0.2, 0.25) is 0 Å². The number of benzene rings is 2. The second-order valence-corrected chi connectivity index (χ2v) is 13.1. The SMILES string of the molecule is CN(c1nc(-c2ccc(F)cc2)c(C#N)s1)c1c2c(nc3c(F)cc(N4CC5(CN(C[C@H](O)C(F)(F)F)C5)C4)cc13)[C@@H](O)CC2. The van der Waals surface area contributed by atoms with Crippen LogP contribution in [0.15, 0.2) is 36.4 Å². The standard InChI is InChI=1S/C31H27F5N6O2S/c1-40(29-39-25(23(10-37)45-29)16-2-4-17(32)5-3-16)28-19-6-7-22(43)27(19)38-26-20(28)8-18(9-21(26)33)42-14-30(15-42)12-41(13-30)11-24(44)31(34,35)36/h2-5,8-9,22,24,43-44H,6-7,11-15H2,1H3/t22-,24-/m0/s1. The lowest BCUT2D eigenvalue weighted by molar-refractivity contribution is -0.215. The van der Waals surface area contributed by atoms with Gasteiger partial charge in [-0.2, -0.15) is 18.4 Å². The first-order valence-electron chi connectivity index (χ1n) is 14.3. The van der Waals surface area contributed by atoms with E-state index in [1.807, 2.05) is 11.0 Å². The van der Waals surface area contributed by atoms with E-state index in [4.69, 9.17) is 4.98 Å². The number of aliphatic hydroxyl groups excluding tert-OH is 2. The van der Waals surface area contributed by atoms with Crippen LogP contribution in [-0.4, -0.2) is 77.1 Å². The maximum atomic E-state index is 15.8. The number of alkyl halides is 3. The van der Waals surface area contributed by atoms with Gasteiger partial charge in [-0.05, 0) is 49.2 Å². The van der Waals surface area contributed by atoms with Gasteiger partial charge in [0.25, 0.3) is 0 Å². The zero-order chi connectivity index (χ0) is 31.8. The molecule has 2 aromatic carbocycles. The molecular formula is C31H27F5N6O2S. The topological polar surface area (TPSA) is 99.8 Å². The molecule has 2 N–H and O–H groups in total. The quantitative estimate of drug-likeness (QED) is 0.274. The smallest absolute Gasteiger partial charge is 0.387 e. The van der Waals surface area contributed by atoms with Gasteiger partial charge in [0.1, 0.15) is 28.0 Å². The number of hydrogen-bond acceptors (Lipinski definition) is 9. The zero-order valence-corrected chi connectivity index (χ0v) is 24.8. The highest BCUT2D eigenvalue weighted by molar-refractivity contribution is 7.16. The third-order valence-corrected chi connectivity index (χ3v) is 9.95. The van der Waals surface area contributed by atoms with Gasteiger partial charge in [-0.3, -0.25) is 4.90 Å². The van der Waals surface area contributed by atoms with E-state index in [0.29, 0.717) is 82.7 Å². The first kappa shape index (κ1) is 29.8. The van der Waals surface area contributed by atoms with Crippen LogP contribution >= 0.6 is 11.3 Å². The van der Waals surface area contributed by atoms with Crippen LogP contribution in [0.3, 0.4) is 0 Å². The molecule has 7 rings (SSSR count). The molecular weight excluding hydrogens is 615 g/mol. The summed E-state index contributed by atoms with van der Waals surface area (Å²) in [4.78, 5) is 14.9. The number of hydrogen-bond donors (Lipinski definition) is 2. The van der Waals surface area contributed by atoms with Crippen LogP contribution in [0.4, 0.5) is 38.5 Å². The zero-order valence-electron chi connectivity index (χ0n) is 23.9. The predicted molar refractivity (Wildman–Crippen MR) is 158 cm³/mol. The summed E-state index contributed by atoms with van der Waals surface area (Å²) in [5.74, 6) is -0.990. The third-order valence-electron chi connectivity index (χ3n) is 8.92. The Morgan fingerprint density at radius 3 is 2.51 bits per heavy atom. The predicted octanol–water partition coefficient (Wildman–Crippen LogP) is 5.30. The highest BCUT2D eigenvalue weighted by atomic mass is 32.1. The molecule has 4 aromatic rings. The molecule has 45 heavy (non-hydrogen) atoms. The molecule has 0 amide bonds. The van der Waals surface area contributed by atoms with E-state index in [2.05, 4.69) is 11.1 Å². The van der Waals surface area contributed by atoms with Crippen molar-refractivity contribution in [2.75, 3.05) is 49.6 Å². The molecule has 4 heterocycles. The van der Waals surface area contributed by atoms with Crippen molar-refractivity contribution < 1.29 is 32.2 Å². The second-order valence-electron chi connectivity index (χ2n) is 12.1. The normalized spacial score (nSPS) is 19.7. The minimum Gasteiger partial charge on any atom is -0.387 e. The van der Waals surface area contributed by atoms with E-state index in [-0.39, 0.29) is 10.9 Å². The lowest BCUT2D eigenvalue weighted by Gasteiger charge is -2.61. The fourth-order valence-corrected chi connectivity index (χ4v) is 7.66. The number of fused-ring (bicyclic) bond motifs is 2. The van der Waals surface area contributed by atoms with E-state index in [0.717, 1.165) is 16.9 Å². The Labute approximate surface area is 258 Å². The molecule has 1 spiro atoms. The molecule has 2 saturated heterocycles. The molecule has 1 aliphatic carbocycles. The summed E-state index contributed by atoms with van der Waals surface area (Å²) in [6.07, 6.45) is -6.99. The average Bonchev–Trinajstić information content (AvgIpc) is 3.55. The van der Waals surface area contributed by atoms with Crippen LogP contribution in [0, 0.1) is 28.4 Å². The average molecular weight is 643 g/mol. The molecule has 0 saturated carbocycles. The Kier molecular flexibility index (Phi) is 7.01. The van der Waals surface area contributed by atoms with Gasteiger partial charge in [0.05, 0.1) is 17.5 Å². The number of β-amino-alcohol motifs (C(OH)–C–C–N with tert-alkyl or cyclic N) is 1. The number of likely N-dealkylation sites (tertiary alicyclic amines) is 1. The Morgan fingerprint density at radius 2 is 1.84 bits per heavy atom. The van der Waals surface area contributed by atoms with Crippen LogP contribution in [0.5, 0.6) is 0 Å². The number of halogens is 5. The summed E-state index contributed by atoms with van der Waals surface area (Å²) in [7, 11) is 1.76. The number of nitriles is 1. The lowest BCUT2D eigenvalue weighted by Crippen LogP contribution is -2.73. The van der Waals surface area contributed by atoms with Gasteiger partial charge in [-0.15, -0.1) is 0 Å². The summed E-state index contributed by atoms with van der Waals surface area (Å²) in [6, 6.07) is 11.1. The molecule has 234 valence electrons. The summed E-state index contributed by atoms with van der Waals surface area (Å²) in [5.41, 5.74) is 3.19. The Morgan fingerprint density at radius 1 is 1.13 bits per heavy atom. The number of pyridine rings is 1. The van der Waals surface area contributed by atoms with Crippen molar-refractivity contribution >= 4 is 38.7 Å². The molecule has 2 aliphatic heterocycles. The summed E-state index contributed by atoms with van der Waals surface area (Å²) in [5, 5.41) is 30.9. The molecule has 8 nitrogen and oxygen atoms in total. The number of thiazole rings is 1. The Hall–Kier alpha value is -3.90. The van der Waals surface area contributed by atoms with Gasteiger partial charge >= 0.3 is 6.18 Å². The van der Waals surface area contributed by atoms with Crippen molar-refractivity contribution in [1.29, 1.82) is 5.26 Å². The van der Waals surface area contributed by atoms with E-state index >= 15 is 4.39 Å². The minimum absolute atomic E-state index is 0.0855. The van der Waals surface area contributed by atoms with Crippen LogP contribution in [-0.2, 0) is 6.42 Å². The molecule has 2 atom stereocenters. The monoisotopic (exact) mass is 642 g/mol. The summed E-state index contributed by atoms with van der Waals surface area (Å²) >= 11 is 1.14. The number of aliphatic hydroxyl groups is 2. The molecule has 0 radical (unpaired) electrons. The molecule has 3 aliphatic rings. The van der Waals surface area contributed by atoms with E-state index < -0.39 is 36.6 Å². The number of aromatic nitrogens is 2. The molecule has 14 heteroatoms. The van der Waals surface area contributed by atoms with Crippen molar-refractivity contribution in [1.82, 2.24) is 14.9 Å². The van der Waals surface area contributed by atoms with Crippen molar-refractivity contribution in [3.05, 3.63) is 64.2 Å².